The van der Waals surface area contributed by atoms with Crippen LogP contribution in [-0.2, 0) is 24.2 Å². The van der Waals surface area contributed by atoms with Crippen molar-refractivity contribution in [2.75, 3.05) is 12.1 Å². The molecule has 4 N–H and O–H groups in total. The molecule has 41 heavy (non-hydrogen) atoms. The lowest BCUT2D eigenvalue weighted by Crippen LogP contribution is -2.37. The van der Waals surface area contributed by atoms with Crippen LogP contribution in [0, 0.1) is 18.8 Å². The predicted octanol–water partition coefficient (Wildman–Crippen LogP) is 5.15. The Balaban J connectivity index is 1.40. The van der Waals surface area contributed by atoms with Gasteiger partial charge in [0, 0.05) is 23.5 Å². The van der Waals surface area contributed by atoms with E-state index in [9.17, 15) is 23.2 Å². The molecule has 3 aromatic heterocycles. The molecule has 3 heterocycles. The van der Waals surface area contributed by atoms with E-state index in [2.05, 4.69) is 24.8 Å². The van der Waals surface area contributed by atoms with Crippen molar-refractivity contribution in [1.29, 1.82) is 0 Å². The summed E-state index contributed by atoms with van der Waals surface area (Å²) in [5, 5.41) is 14.3. The number of carbonyl (C=O) groups is 1. The number of nitrogens with one attached hydrogen (secondary N) is 1. The van der Waals surface area contributed by atoms with Crippen molar-refractivity contribution in [3.63, 3.8) is 0 Å². The smallest absolute Gasteiger partial charge is 0.438 e. The third kappa shape index (κ3) is 8.11. The molecule has 0 radical (unpaired) electrons. The van der Waals surface area contributed by atoms with E-state index < -0.39 is 38.5 Å². The molecule has 3 aromatic rings. The number of halogens is 2. The number of phosphoric acid groups is 1. The average molecular weight is 593 g/mol. The molecule has 1 aliphatic rings. The Morgan fingerprint density at radius 3 is 2.49 bits per heavy atom. The maximum Gasteiger partial charge on any atom is 0.472 e. The number of aromatic nitrogens is 3. The van der Waals surface area contributed by atoms with Gasteiger partial charge < -0.3 is 24.9 Å². The Hall–Kier alpha value is -3.35. The van der Waals surface area contributed by atoms with Crippen molar-refractivity contribution in [2.45, 2.75) is 51.6 Å². The fourth-order valence-corrected chi connectivity index (χ4v) is 5.07. The first kappa shape index (κ1) is 30.6. The third-order valence-corrected chi connectivity index (χ3v) is 7.56. The number of rotatable bonds is 10. The average Bonchev–Trinajstić information content (AvgIpc) is 2.92. The molecule has 0 bridgehead atoms. The molecule has 0 saturated heterocycles. The normalized spacial score (nSPS) is 19.0. The molecule has 1 aliphatic carbocycles. The maximum absolute atomic E-state index is 13.1. The third-order valence-electron chi connectivity index (χ3n) is 7.12. The molecule has 0 amide bonds. The van der Waals surface area contributed by atoms with Gasteiger partial charge in [0.15, 0.2) is 0 Å². The topological polar surface area (TPSA) is 164 Å². The Labute approximate surface area is 235 Å². The van der Waals surface area contributed by atoms with Gasteiger partial charge in [0.1, 0.15) is 17.2 Å². The summed E-state index contributed by atoms with van der Waals surface area (Å²) >= 11 is 0. The fourth-order valence-electron chi connectivity index (χ4n) is 4.88. The van der Waals surface area contributed by atoms with Gasteiger partial charge in [-0.05, 0) is 87.4 Å². The van der Waals surface area contributed by atoms with E-state index in [1.54, 1.807) is 31.3 Å². The number of nitrogens with zero attached hydrogens (tertiary/aromatic N) is 3. The maximum atomic E-state index is 13.1. The number of hydrogen-bond donors (Lipinski definition) is 4. The minimum atomic E-state index is -4.73. The number of carbonyl (C=O) groups excluding carboxylic acids is 1. The minimum Gasteiger partial charge on any atom is -0.438 e. The molecule has 11 nitrogen and oxygen atoms in total. The Bertz CT molecular complexity index is 1410. The zero-order valence-corrected chi connectivity index (χ0v) is 23.3. The van der Waals surface area contributed by atoms with Gasteiger partial charge in [0.2, 0.25) is 6.79 Å². The van der Waals surface area contributed by atoms with Crippen LogP contribution >= 0.6 is 7.82 Å². The van der Waals surface area contributed by atoms with Gasteiger partial charge in [-0.15, -0.1) is 0 Å². The zero-order chi connectivity index (χ0) is 29.8. The second-order valence-electron chi connectivity index (χ2n) is 10.1. The number of pyridine rings is 3. The first-order valence-electron chi connectivity index (χ1n) is 12.9. The molecule has 0 spiro atoms. The van der Waals surface area contributed by atoms with E-state index in [-0.39, 0.29) is 17.3 Å². The van der Waals surface area contributed by atoms with Crippen molar-refractivity contribution in [3.8, 4) is 11.3 Å². The molecule has 4 rings (SSSR count). The van der Waals surface area contributed by atoms with Gasteiger partial charge in [0.05, 0.1) is 17.3 Å². The van der Waals surface area contributed by atoms with E-state index in [1.165, 1.54) is 18.3 Å². The molecule has 0 aromatic carbocycles. The summed E-state index contributed by atoms with van der Waals surface area (Å²) in [5.41, 5.74) is 1.20. The zero-order valence-electron chi connectivity index (χ0n) is 22.4. The van der Waals surface area contributed by atoms with E-state index in [1.807, 2.05) is 13.0 Å². The summed E-state index contributed by atoms with van der Waals surface area (Å²) in [6, 6.07) is 9.66. The van der Waals surface area contributed by atoms with Crippen LogP contribution in [0.15, 0.2) is 48.8 Å². The molecule has 1 fully saturated rings. The highest BCUT2D eigenvalue weighted by Gasteiger charge is 2.39. The predicted molar refractivity (Wildman–Crippen MR) is 144 cm³/mol. The largest absolute Gasteiger partial charge is 0.472 e. The standard InChI is InChI=1S/C27H31F2N4O7P/c1-16-11-21(32-24(12-16)33-23-13-18(25(28)29)9-10-30-23)19-5-8-22(31-14-19)27(2,35)20-6-3-17(4-7-20)26(34)39-15-40-41(36,37)38/h5,8-14,17,20,25,35H,3-4,6-7,15H2,1-2H3,(H,30,32,33)(H2,36,37,38)/t17?,20?,27-/m1/s1. The van der Waals surface area contributed by atoms with E-state index >= 15 is 0 Å². The van der Waals surface area contributed by atoms with E-state index in [0.717, 1.165) is 5.56 Å². The molecule has 220 valence electrons. The van der Waals surface area contributed by atoms with Crippen LogP contribution < -0.4 is 5.32 Å². The van der Waals surface area contributed by atoms with E-state index in [4.69, 9.17) is 14.5 Å². The Morgan fingerprint density at radius 1 is 1.12 bits per heavy atom. The lowest BCUT2D eigenvalue weighted by molar-refractivity contribution is -0.158. The lowest BCUT2D eigenvalue weighted by Gasteiger charge is -2.37. The van der Waals surface area contributed by atoms with Gasteiger partial charge in [-0.2, -0.15) is 0 Å². The van der Waals surface area contributed by atoms with Gasteiger partial charge in [-0.25, -0.2) is 27.8 Å². The highest BCUT2D eigenvalue weighted by Crippen LogP contribution is 2.41. The van der Waals surface area contributed by atoms with Crippen LogP contribution in [0.4, 0.5) is 20.4 Å². The Kier molecular flexibility index (Phi) is 9.45. The number of phosphoric ester groups is 1. The second-order valence-corrected chi connectivity index (χ2v) is 11.4. The van der Waals surface area contributed by atoms with Crippen LogP contribution in [0.25, 0.3) is 11.3 Å². The monoisotopic (exact) mass is 592 g/mol. The number of alkyl halides is 2. The number of hydrogen-bond acceptors (Lipinski definition) is 9. The SMILES string of the molecule is Cc1cc(Nc2cc(C(F)F)ccn2)nc(-c2ccc([C@](C)(O)C3CCC(C(=O)OCOP(=O)(O)O)CC3)nc2)c1. The van der Waals surface area contributed by atoms with Crippen LogP contribution in [-0.4, -0.2) is 42.6 Å². The molecule has 0 aliphatic heterocycles. The summed E-state index contributed by atoms with van der Waals surface area (Å²) in [5.74, 6) is -0.565. The van der Waals surface area contributed by atoms with Gasteiger partial charge >= 0.3 is 13.8 Å². The molecule has 1 atom stereocenters. The molecular formula is C27H31F2N4O7P. The van der Waals surface area contributed by atoms with Crippen LogP contribution in [0.5, 0.6) is 0 Å². The number of anilines is 2. The molecule has 0 unspecified atom stereocenters. The van der Waals surface area contributed by atoms with Crippen LogP contribution in [0.1, 0.15) is 55.9 Å². The minimum absolute atomic E-state index is 0.150. The van der Waals surface area contributed by atoms with Crippen molar-refractivity contribution in [1.82, 2.24) is 15.0 Å². The summed E-state index contributed by atoms with van der Waals surface area (Å²) in [6.07, 6.45) is 2.20. The summed E-state index contributed by atoms with van der Waals surface area (Å²) in [7, 11) is -4.73. The number of ether oxygens (including phenoxy) is 1. The Morgan fingerprint density at radius 2 is 1.85 bits per heavy atom. The van der Waals surface area contributed by atoms with Crippen molar-refractivity contribution in [3.05, 3.63) is 65.6 Å². The second kappa shape index (κ2) is 12.7. The van der Waals surface area contributed by atoms with Crippen molar-refractivity contribution < 1.29 is 42.3 Å². The van der Waals surface area contributed by atoms with Crippen LogP contribution in [0.2, 0.25) is 0 Å². The number of esters is 1. The molecule has 14 heteroatoms. The molecular weight excluding hydrogens is 561 g/mol. The summed E-state index contributed by atoms with van der Waals surface area (Å²) in [6.45, 7) is 2.73. The quantitative estimate of drug-likeness (QED) is 0.140. The van der Waals surface area contributed by atoms with E-state index in [0.29, 0.717) is 48.5 Å². The highest BCUT2D eigenvalue weighted by atomic mass is 31.2. The number of aliphatic hydroxyl groups is 1. The van der Waals surface area contributed by atoms with Gasteiger partial charge in [-0.3, -0.25) is 9.78 Å². The first-order chi connectivity index (χ1) is 19.3. The van der Waals surface area contributed by atoms with Crippen molar-refractivity contribution >= 4 is 25.4 Å². The first-order valence-corrected chi connectivity index (χ1v) is 14.4. The fraction of sp³-hybridized carbons (Fsp3) is 0.407. The summed E-state index contributed by atoms with van der Waals surface area (Å²) in [4.78, 5) is 42.8. The van der Waals surface area contributed by atoms with Gasteiger partial charge in [-0.1, -0.05) is 0 Å². The van der Waals surface area contributed by atoms with Crippen molar-refractivity contribution in [2.24, 2.45) is 11.8 Å². The number of aryl methyl sites for hydroxylation is 1. The van der Waals surface area contributed by atoms with Gasteiger partial charge in [0.25, 0.3) is 6.43 Å². The summed E-state index contributed by atoms with van der Waals surface area (Å²) < 4.78 is 45.8. The van der Waals surface area contributed by atoms with Crippen LogP contribution in [0.3, 0.4) is 0 Å². The lowest BCUT2D eigenvalue weighted by atomic mass is 9.73. The highest BCUT2D eigenvalue weighted by molar-refractivity contribution is 7.46. The molecule has 1 saturated carbocycles.